The Kier molecular flexibility index (Phi) is 28.0. The predicted octanol–water partition coefficient (Wildman–Crippen LogP) is 8.87. The quantitative estimate of drug-likeness (QED) is 0.137. The number of carbonyl (C=O) groups excluding carboxylic acids is 4. The summed E-state index contributed by atoms with van der Waals surface area (Å²) in [5.41, 5.74) is -0.555. The summed E-state index contributed by atoms with van der Waals surface area (Å²) in [6, 6.07) is 0. The maximum absolute atomic E-state index is 11.7. The first-order valence-corrected chi connectivity index (χ1v) is 25.9. The SMILES string of the molecule is CCC(C)(C)C(=O)OC1CSCCO1.CCC(C)(C)C(=O)OC1CSCCS1.CCC(C)C(=O)OC1CSCCO1.CCC(C)C(=O)OC1CSCCS1. The second kappa shape index (κ2) is 29.2. The van der Waals surface area contributed by atoms with Crippen LogP contribution in [0.4, 0.5) is 0 Å². The van der Waals surface area contributed by atoms with Gasteiger partial charge in [0.2, 0.25) is 12.6 Å². The number of ether oxygens (including phenoxy) is 6. The van der Waals surface area contributed by atoms with Gasteiger partial charge in [0.1, 0.15) is 0 Å². The number of carbonyl (C=O) groups is 4. The Morgan fingerprint density at radius 3 is 1.31 bits per heavy atom. The molecule has 0 bridgehead atoms. The van der Waals surface area contributed by atoms with E-state index < -0.39 is 5.41 Å². The van der Waals surface area contributed by atoms with Crippen molar-refractivity contribution in [1.29, 1.82) is 0 Å². The summed E-state index contributed by atoms with van der Waals surface area (Å²) in [6.07, 6.45) is 2.64. The Morgan fingerprint density at radius 2 is 0.944 bits per heavy atom. The van der Waals surface area contributed by atoms with Gasteiger partial charge >= 0.3 is 23.9 Å². The molecular weight excluding hydrogens is 809 g/mol. The second-order valence-corrected chi connectivity index (χ2v) is 21.4. The van der Waals surface area contributed by atoms with Crippen LogP contribution in [-0.4, -0.2) is 118 Å². The van der Waals surface area contributed by atoms with Crippen molar-refractivity contribution in [3.63, 3.8) is 0 Å². The summed E-state index contributed by atoms with van der Waals surface area (Å²) in [6.45, 7) is 20.8. The van der Waals surface area contributed by atoms with Gasteiger partial charge in [-0.1, -0.05) is 41.5 Å². The molecule has 54 heavy (non-hydrogen) atoms. The van der Waals surface area contributed by atoms with Crippen LogP contribution in [0.25, 0.3) is 0 Å². The lowest BCUT2D eigenvalue weighted by Crippen LogP contribution is -2.34. The highest BCUT2D eigenvalue weighted by Gasteiger charge is 2.31. The van der Waals surface area contributed by atoms with Crippen molar-refractivity contribution >= 4 is 94.4 Å². The molecule has 4 fully saturated rings. The van der Waals surface area contributed by atoms with Crippen molar-refractivity contribution in [2.45, 2.75) is 118 Å². The molecule has 6 unspecified atom stereocenters. The van der Waals surface area contributed by atoms with Gasteiger partial charge in [-0.3, -0.25) is 19.2 Å². The van der Waals surface area contributed by atoms with E-state index in [4.69, 9.17) is 28.4 Å². The van der Waals surface area contributed by atoms with Gasteiger partial charge in [0.05, 0.1) is 47.4 Å². The average molecular weight is 877 g/mol. The molecule has 16 heteroatoms. The van der Waals surface area contributed by atoms with Crippen LogP contribution in [0.2, 0.25) is 0 Å². The minimum absolute atomic E-state index is 0.0180. The van der Waals surface area contributed by atoms with E-state index in [1.807, 2.05) is 92.8 Å². The Morgan fingerprint density at radius 1 is 0.556 bits per heavy atom. The molecule has 0 radical (unpaired) electrons. The van der Waals surface area contributed by atoms with Gasteiger partial charge in [-0.25, -0.2) is 0 Å². The van der Waals surface area contributed by atoms with Gasteiger partial charge in [0, 0.05) is 46.0 Å². The van der Waals surface area contributed by atoms with Crippen molar-refractivity contribution in [2.75, 3.05) is 70.7 Å². The fraction of sp³-hybridized carbons (Fsp3) is 0.895. The zero-order chi connectivity index (χ0) is 40.6. The van der Waals surface area contributed by atoms with Crippen LogP contribution in [0.5, 0.6) is 0 Å². The minimum atomic E-state index is -0.397. The molecule has 316 valence electrons. The lowest BCUT2D eigenvalue weighted by atomic mass is 9.91. The molecule has 0 spiro atoms. The molecule has 0 saturated carbocycles. The molecule has 4 saturated heterocycles. The Bertz CT molecular complexity index is 975. The van der Waals surface area contributed by atoms with Crippen LogP contribution in [0.15, 0.2) is 0 Å². The van der Waals surface area contributed by atoms with Crippen LogP contribution in [0.3, 0.4) is 0 Å². The summed E-state index contributed by atoms with van der Waals surface area (Å²) >= 11 is 10.8. The van der Waals surface area contributed by atoms with Crippen LogP contribution < -0.4 is 0 Å². The maximum Gasteiger partial charge on any atom is 0.313 e. The van der Waals surface area contributed by atoms with Crippen molar-refractivity contribution in [1.82, 2.24) is 0 Å². The van der Waals surface area contributed by atoms with Crippen molar-refractivity contribution < 1.29 is 47.6 Å². The summed E-state index contributed by atoms with van der Waals surface area (Å²) in [4.78, 5) is 46.1. The molecule has 0 aromatic rings. The first-order valence-electron chi connectivity index (χ1n) is 19.2. The topological polar surface area (TPSA) is 124 Å². The van der Waals surface area contributed by atoms with Gasteiger partial charge in [-0.05, 0) is 53.4 Å². The molecule has 4 aliphatic rings. The fourth-order valence-electron chi connectivity index (χ4n) is 3.81. The number of thioether (sulfide) groups is 6. The molecule has 0 amide bonds. The lowest BCUT2D eigenvalue weighted by Gasteiger charge is -2.27. The largest absolute Gasteiger partial charge is 0.450 e. The molecule has 0 aromatic heterocycles. The van der Waals surface area contributed by atoms with Crippen molar-refractivity contribution in [3.8, 4) is 0 Å². The first-order chi connectivity index (χ1) is 25.6. The third kappa shape index (κ3) is 22.2. The van der Waals surface area contributed by atoms with E-state index in [-0.39, 0.29) is 64.6 Å². The van der Waals surface area contributed by atoms with Crippen LogP contribution >= 0.6 is 70.6 Å². The Labute approximate surface area is 351 Å². The number of hydrogen-bond acceptors (Lipinski definition) is 16. The third-order valence-corrected chi connectivity index (χ3v) is 16.1. The zero-order valence-electron chi connectivity index (χ0n) is 34.3. The van der Waals surface area contributed by atoms with Crippen molar-refractivity contribution in [3.05, 3.63) is 0 Å². The number of esters is 4. The molecule has 6 atom stereocenters. The highest BCUT2D eigenvalue weighted by molar-refractivity contribution is 8.07. The highest BCUT2D eigenvalue weighted by Crippen LogP contribution is 2.30. The summed E-state index contributed by atoms with van der Waals surface area (Å²) in [5, 5.41) is 0. The monoisotopic (exact) mass is 876 g/mol. The average Bonchev–Trinajstić information content (AvgIpc) is 3.19. The van der Waals surface area contributed by atoms with E-state index in [0.717, 1.165) is 71.7 Å². The molecule has 0 aliphatic carbocycles. The molecule has 0 aromatic carbocycles. The van der Waals surface area contributed by atoms with Gasteiger partial charge in [0.15, 0.2) is 10.9 Å². The fourth-order valence-corrected chi connectivity index (χ4v) is 10.0. The van der Waals surface area contributed by atoms with Gasteiger partial charge in [-0.2, -0.15) is 47.0 Å². The van der Waals surface area contributed by atoms with Gasteiger partial charge in [-0.15, -0.1) is 23.5 Å². The molecule has 10 nitrogen and oxygen atoms in total. The normalized spacial score (nSPS) is 24.2. The molecule has 4 rings (SSSR count). The number of hydrogen-bond donors (Lipinski definition) is 0. The van der Waals surface area contributed by atoms with Gasteiger partial charge in [0.25, 0.3) is 0 Å². The molecule has 0 N–H and O–H groups in total. The van der Waals surface area contributed by atoms with E-state index in [0.29, 0.717) is 13.2 Å². The third-order valence-electron chi connectivity index (χ3n) is 9.02. The highest BCUT2D eigenvalue weighted by atomic mass is 32.2. The molecule has 4 aliphatic heterocycles. The van der Waals surface area contributed by atoms with E-state index in [2.05, 4.69) is 0 Å². The molecular formula is C38H68O10S6. The van der Waals surface area contributed by atoms with E-state index in [1.165, 1.54) is 11.5 Å². The van der Waals surface area contributed by atoms with Crippen LogP contribution in [0, 0.1) is 22.7 Å². The van der Waals surface area contributed by atoms with Crippen molar-refractivity contribution in [2.24, 2.45) is 22.7 Å². The standard InChI is InChI=1S/C10H18O3S.C10H18O2S2.C9H16O3S.C9H16O2S2/c1-4-10(2,3)9(11)13-8-7-14-6-5-12-8;1-4-10(2,3)9(11)12-8-7-13-5-6-14-8;1-3-7(2)9(10)12-8-6-13-5-4-11-8;1-3-7(2)9(10)11-8-6-12-4-5-13-8/h2*8H,4-7H2,1-3H3;2*7-8H,3-6H2,1-2H3. The smallest absolute Gasteiger partial charge is 0.313 e. The summed E-state index contributed by atoms with van der Waals surface area (Å²) in [5.74, 6) is 9.59. The summed E-state index contributed by atoms with van der Waals surface area (Å²) in [7, 11) is 0. The van der Waals surface area contributed by atoms with Gasteiger partial charge < -0.3 is 28.4 Å². The zero-order valence-corrected chi connectivity index (χ0v) is 39.2. The molecule has 4 heterocycles. The lowest BCUT2D eigenvalue weighted by molar-refractivity contribution is -0.184. The Hall–Kier alpha value is -0.100. The van der Waals surface area contributed by atoms with E-state index in [1.54, 1.807) is 47.0 Å². The maximum atomic E-state index is 11.7. The predicted molar refractivity (Wildman–Crippen MR) is 233 cm³/mol. The van der Waals surface area contributed by atoms with E-state index >= 15 is 0 Å². The number of rotatable bonds is 12. The first kappa shape index (κ1) is 51.9. The Balaban J connectivity index is 0.000000360. The minimum Gasteiger partial charge on any atom is -0.450 e. The summed E-state index contributed by atoms with van der Waals surface area (Å²) < 4.78 is 31.8. The second-order valence-electron chi connectivity index (χ2n) is 14.3. The van der Waals surface area contributed by atoms with Crippen LogP contribution in [0.1, 0.15) is 94.9 Å². The van der Waals surface area contributed by atoms with Crippen LogP contribution in [-0.2, 0) is 47.6 Å². The van der Waals surface area contributed by atoms with E-state index in [9.17, 15) is 19.2 Å².